The fraction of sp³-hybridized carbons (Fsp3) is 0.421. The third-order valence-electron chi connectivity index (χ3n) is 4.72. The molecule has 0 fully saturated rings. The van der Waals surface area contributed by atoms with Gasteiger partial charge in [-0.15, -0.1) is 0 Å². The third kappa shape index (κ3) is 3.62. The maximum Gasteiger partial charge on any atom is 0.227 e. The molecular formula is C19H26N6O. The van der Waals surface area contributed by atoms with E-state index >= 15 is 0 Å². The molecule has 0 spiro atoms. The lowest BCUT2D eigenvalue weighted by atomic mass is 10.2. The smallest absolute Gasteiger partial charge is 0.227 e. The number of rotatable bonds is 7. The molecule has 0 unspecified atom stereocenters. The van der Waals surface area contributed by atoms with Crippen molar-refractivity contribution in [1.82, 2.24) is 24.4 Å². The van der Waals surface area contributed by atoms with Gasteiger partial charge in [-0.25, -0.2) is 9.97 Å². The van der Waals surface area contributed by atoms with Crippen LogP contribution in [0.25, 0.3) is 16.9 Å². The number of fused-ring (bicyclic) bond motifs is 1. The molecule has 0 bridgehead atoms. The molecule has 0 aliphatic rings. The number of hydrogen-bond donors (Lipinski definition) is 1. The standard InChI is InChI=1S/C19H26N6O/c1-5-24(6-2)10-9-23(4)19-20-12-16-18(22-19)25(13-21-16)15-7-8-17(26)14(3)11-15/h7-8,11-13,26H,5-6,9-10H2,1-4H3. The SMILES string of the molecule is CCN(CC)CCN(C)c1ncc2ncn(-c3ccc(O)c(C)c3)c2n1. The van der Waals surface area contributed by atoms with E-state index in [4.69, 9.17) is 4.98 Å². The van der Waals surface area contributed by atoms with Gasteiger partial charge >= 0.3 is 0 Å². The Hall–Kier alpha value is -2.67. The zero-order valence-electron chi connectivity index (χ0n) is 15.8. The third-order valence-corrected chi connectivity index (χ3v) is 4.72. The summed E-state index contributed by atoms with van der Waals surface area (Å²) < 4.78 is 1.92. The van der Waals surface area contributed by atoms with Gasteiger partial charge in [0.15, 0.2) is 5.65 Å². The number of imidazole rings is 1. The van der Waals surface area contributed by atoms with Gasteiger partial charge in [-0.2, -0.15) is 4.98 Å². The van der Waals surface area contributed by atoms with E-state index in [9.17, 15) is 5.11 Å². The topological polar surface area (TPSA) is 70.3 Å². The van der Waals surface area contributed by atoms with Crippen LogP contribution in [-0.2, 0) is 0 Å². The van der Waals surface area contributed by atoms with E-state index in [-0.39, 0.29) is 5.75 Å². The van der Waals surface area contributed by atoms with Crippen molar-refractivity contribution in [3.05, 3.63) is 36.3 Å². The average molecular weight is 354 g/mol. The van der Waals surface area contributed by atoms with Crippen LogP contribution in [0.2, 0.25) is 0 Å². The van der Waals surface area contributed by atoms with E-state index in [0.29, 0.717) is 5.95 Å². The fourth-order valence-electron chi connectivity index (χ4n) is 2.89. The van der Waals surface area contributed by atoms with Crippen molar-refractivity contribution in [2.24, 2.45) is 0 Å². The van der Waals surface area contributed by atoms with Crippen LogP contribution in [0, 0.1) is 6.92 Å². The molecule has 2 aromatic heterocycles. The number of aromatic nitrogens is 4. The summed E-state index contributed by atoms with van der Waals surface area (Å²) in [6.07, 6.45) is 3.50. The Morgan fingerprint density at radius 1 is 1.12 bits per heavy atom. The summed E-state index contributed by atoms with van der Waals surface area (Å²) in [6, 6.07) is 5.46. The highest BCUT2D eigenvalue weighted by atomic mass is 16.3. The number of nitrogens with zero attached hydrogens (tertiary/aromatic N) is 6. The van der Waals surface area contributed by atoms with Crippen molar-refractivity contribution in [2.75, 3.05) is 38.1 Å². The molecule has 0 saturated heterocycles. The number of anilines is 1. The predicted octanol–water partition coefficient (Wildman–Crippen LogP) is 2.61. The van der Waals surface area contributed by atoms with Crippen LogP contribution in [-0.4, -0.2) is 62.8 Å². The number of likely N-dealkylation sites (N-methyl/N-ethyl adjacent to an activating group) is 2. The van der Waals surface area contributed by atoms with Crippen molar-refractivity contribution in [2.45, 2.75) is 20.8 Å². The number of phenols is 1. The first-order valence-electron chi connectivity index (χ1n) is 8.97. The second-order valence-corrected chi connectivity index (χ2v) is 6.41. The predicted molar refractivity (Wildman–Crippen MR) is 104 cm³/mol. The van der Waals surface area contributed by atoms with Gasteiger partial charge in [0, 0.05) is 25.8 Å². The summed E-state index contributed by atoms with van der Waals surface area (Å²) in [6.45, 7) is 10.1. The Balaban J connectivity index is 1.89. The van der Waals surface area contributed by atoms with Crippen molar-refractivity contribution in [3.8, 4) is 11.4 Å². The van der Waals surface area contributed by atoms with Crippen LogP contribution in [0.1, 0.15) is 19.4 Å². The number of hydrogen-bond acceptors (Lipinski definition) is 6. The normalized spacial score (nSPS) is 11.4. The van der Waals surface area contributed by atoms with Crippen molar-refractivity contribution < 1.29 is 5.11 Å². The number of benzene rings is 1. The lowest BCUT2D eigenvalue weighted by Crippen LogP contribution is -2.33. The zero-order valence-corrected chi connectivity index (χ0v) is 15.8. The van der Waals surface area contributed by atoms with Gasteiger partial charge in [0.1, 0.15) is 17.6 Å². The van der Waals surface area contributed by atoms with Crippen molar-refractivity contribution in [1.29, 1.82) is 0 Å². The molecule has 138 valence electrons. The summed E-state index contributed by atoms with van der Waals surface area (Å²) in [5.74, 6) is 0.964. The Kier molecular flexibility index (Phi) is 5.37. The van der Waals surface area contributed by atoms with Gasteiger partial charge in [0.2, 0.25) is 5.95 Å². The van der Waals surface area contributed by atoms with Crippen molar-refractivity contribution >= 4 is 17.1 Å². The first-order valence-corrected chi connectivity index (χ1v) is 8.97. The average Bonchev–Trinajstić information content (AvgIpc) is 3.07. The molecule has 0 atom stereocenters. The molecule has 3 aromatic rings. The molecule has 3 rings (SSSR count). The summed E-state index contributed by atoms with van der Waals surface area (Å²) in [4.78, 5) is 18.0. The first-order chi connectivity index (χ1) is 12.5. The number of phenolic OH excluding ortho intramolecular Hbond substituents is 1. The van der Waals surface area contributed by atoms with Gasteiger partial charge < -0.3 is 14.9 Å². The summed E-state index contributed by atoms with van der Waals surface area (Å²) in [5, 5.41) is 9.75. The fourth-order valence-corrected chi connectivity index (χ4v) is 2.89. The second-order valence-electron chi connectivity index (χ2n) is 6.41. The van der Waals surface area contributed by atoms with E-state index in [0.717, 1.165) is 48.6 Å². The monoisotopic (exact) mass is 354 g/mol. The minimum atomic E-state index is 0.282. The van der Waals surface area contributed by atoms with Gasteiger partial charge in [0.05, 0.1) is 6.20 Å². The lowest BCUT2D eigenvalue weighted by Gasteiger charge is -2.23. The van der Waals surface area contributed by atoms with Gasteiger partial charge in [-0.1, -0.05) is 13.8 Å². The summed E-state index contributed by atoms with van der Waals surface area (Å²) >= 11 is 0. The van der Waals surface area contributed by atoms with Gasteiger partial charge in [-0.3, -0.25) is 4.57 Å². The minimum Gasteiger partial charge on any atom is -0.508 e. The van der Waals surface area contributed by atoms with E-state index in [2.05, 4.69) is 33.6 Å². The Morgan fingerprint density at radius 2 is 1.88 bits per heavy atom. The van der Waals surface area contributed by atoms with Crippen molar-refractivity contribution in [3.63, 3.8) is 0 Å². The second kappa shape index (κ2) is 7.70. The number of aromatic hydroxyl groups is 1. The number of aryl methyl sites for hydroxylation is 1. The van der Waals surface area contributed by atoms with Gasteiger partial charge in [-0.05, 0) is 43.8 Å². The molecule has 7 heteroatoms. The minimum absolute atomic E-state index is 0.282. The lowest BCUT2D eigenvalue weighted by molar-refractivity contribution is 0.310. The van der Waals surface area contributed by atoms with Crippen LogP contribution >= 0.6 is 0 Å². The molecule has 0 aliphatic carbocycles. The molecule has 26 heavy (non-hydrogen) atoms. The van der Waals surface area contributed by atoms with Crippen LogP contribution in [0.3, 0.4) is 0 Å². The maximum atomic E-state index is 9.75. The molecule has 0 amide bonds. The molecule has 0 saturated carbocycles. The summed E-state index contributed by atoms with van der Waals surface area (Å²) in [5.41, 5.74) is 3.24. The van der Waals surface area contributed by atoms with Crippen LogP contribution in [0.15, 0.2) is 30.7 Å². The van der Waals surface area contributed by atoms with E-state index in [1.165, 1.54) is 0 Å². The molecule has 0 aliphatic heterocycles. The molecule has 1 aromatic carbocycles. The highest BCUT2D eigenvalue weighted by molar-refractivity contribution is 5.73. The highest BCUT2D eigenvalue weighted by Crippen LogP contribution is 2.23. The van der Waals surface area contributed by atoms with Gasteiger partial charge in [0.25, 0.3) is 0 Å². The van der Waals surface area contributed by atoms with E-state index in [1.807, 2.05) is 30.7 Å². The Bertz CT molecular complexity index is 887. The largest absolute Gasteiger partial charge is 0.508 e. The highest BCUT2D eigenvalue weighted by Gasteiger charge is 2.12. The Morgan fingerprint density at radius 3 is 2.58 bits per heavy atom. The molecular weight excluding hydrogens is 328 g/mol. The van der Waals surface area contributed by atoms with Crippen LogP contribution < -0.4 is 4.90 Å². The van der Waals surface area contributed by atoms with E-state index in [1.54, 1.807) is 18.6 Å². The molecule has 7 nitrogen and oxygen atoms in total. The quantitative estimate of drug-likeness (QED) is 0.703. The van der Waals surface area contributed by atoms with Crippen LogP contribution in [0.4, 0.5) is 5.95 Å². The zero-order chi connectivity index (χ0) is 18.7. The molecule has 0 radical (unpaired) electrons. The van der Waals surface area contributed by atoms with E-state index < -0.39 is 0 Å². The molecule has 2 heterocycles. The Labute approximate surface area is 153 Å². The molecule has 1 N–H and O–H groups in total. The maximum absolute atomic E-state index is 9.75. The summed E-state index contributed by atoms with van der Waals surface area (Å²) in [7, 11) is 2.01. The van der Waals surface area contributed by atoms with Crippen LogP contribution in [0.5, 0.6) is 5.75 Å². The first kappa shape index (κ1) is 18.1.